The lowest BCUT2D eigenvalue weighted by molar-refractivity contribution is -0.274. The molecule has 9 heteroatoms. The molecule has 112 valence electrons. The summed E-state index contributed by atoms with van der Waals surface area (Å²) in [6.07, 6.45) is -4.85. The number of thiol groups is 1. The summed E-state index contributed by atoms with van der Waals surface area (Å²) in [6.45, 7) is 0. The van der Waals surface area contributed by atoms with Crippen LogP contribution in [-0.4, -0.2) is 12.3 Å². The van der Waals surface area contributed by atoms with Crippen molar-refractivity contribution in [3.63, 3.8) is 0 Å². The SMILES string of the molecule is O=C(Nc1ccc(Br)cc1OC(F)(F)F)c1cc(S)cs1. The van der Waals surface area contributed by atoms with Gasteiger partial charge in [0.05, 0.1) is 10.6 Å². The molecule has 1 heterocycles. The smallest absolute Gasteiger partial charge is 0.404 e. The first-order valence-corrected chi connectivity index (χ1v) is 7.51. The highest BCUT2D eigenvalue weighted by atomic mass is 79.9. The molecule has 0 unspecified atom stereocenters. The third-order valence-corrected chi connectivity index (χ3v) is 4.08. The monoisotopic (exact) mass is 397 g/mol. The summed E-state index contributed by atoms with van der Waals surface area (Å²) in [6, 6.07) is 5.46. The van der Waals surface area contributed by atoms with E-state index in [9.17, 15) is 18.0 Å². The summed E-state index contributed by atoms with van der Waals surface area (Å²) in [4.78, 5) is 12.9. The minimum atomic E-state index is -4.85. The number of benzene rings is 1. The van der Waals surface area contributed by atoms with Gasteiger partial charge in [0.25, 0.3) is 5.91 Å². The Labute approximate surface area is 135 Å². The molecule has 0 atom stereocenters. The second-order valence-electron chi connectivity index (χ2n) is 3.81. The van der Waals surface area contributed by atoms with E-state index in [1.54, 1.807) is 5.38 Å². The normalized spacial score (nSPS) is 11.3. The number of halogens is 4. The molecular formula is C12H7BrF3NO2S2. The first-order valence-electron chi connectivity index (χ1n) is 5.39. The van der Waals surface area contributed by atoms with E-state index in [0.717, 1.165) is 17.4 Å². The van der Waals surface area contributed by atoms with Gasteiger partial charge in [0.15, 0.2) is 5.75 Å². The van der Waals surface area contributed by atoms with Crippen LogP contribution < -0.4 is 10.1 Å². The quantitative estimate of drug-likeness (QED) is 0.719. The molecule has 0 radical (unpaired) electrons. The van der Waals surface area contributed by atoms with Gasteiger partial charge in [-0.05, 0) is 24.3 Å². The van der Waals surface area contributed by atoms with Crippen LogP contribution in [0.5, 0.6) is 5.75 Å². The van der Waals surface area contributed by atoms with E-state index in [1.807, 2.05) is 0 Å². The average Bonchev–Trinajstić information content (AvgIpc) is 2.77. The lowest BCUT2D eigenvalue weighted by Gasteiger charge is -2.14. The van der Waals surface area contributed by atoms with Gasteiger partial charge in [-0.25, -0.2) is 0 Å². The van der Waals surface area contributed by atoms with Crippen molar-refractivity contribution in [2.24, 2.45) is 0 Å². The zero-order chi connectivity index (χ0) is 15.6. The summed E-state index contributed by atoms with van der Waals surface area (Å²) >= 11 is 8.26. The molecule has 0 aliphatic rings. The maximum Gasteiger partial charge on any atom is 0.573 e. The van der Waals surface area contributed by atoms with Crippen molar-refractivity contribution in [2.75, 3.05) is 5.32 Å². The number of hydrogen-bond donors (Lipinski definition) is 2. The fourth-order valence-corrected chi connectivity index (χ4v) is 2.82. The van der Waals surface area contributed by atoms with Crippen LogP contribution in [0.15, 0.2) is 39.0 Å². The van der Waals surface area contributed by atoms with Gasteiger partial charge < -0.3 is 10.1 Å². The van der Waals surface area contributed by atoms with Gasteiger partial charge in [0.1, 0.15) is 0 Å². The Balaban J connectivity index is 2.25. The Morgan fingerprint density at radius 2 is 2.05 bits per heavy atom. The zero-order valence-electron chi connectivity index (χ0n) is 10.1. The molecule has 3 nitrogen and oxygen atoms in total. The number of nitrogens with one attached hydrogen (secondary N) is 1. The lowest BCUT2D eigenvalue weighted by Crippen LogP contribution is -2.19. The van der Waals surface area contributed by atoms with Crippen LogP contribution in [0.4, 0.5) is 18.9 Å². The second-order valence-corrected chi connectivity index (χ2v) is 6.15. The number of anilines is 1. The summed E-state index contributed by atoms with van der Waals surface area (Å²) in [5.74, 6) is -1.03. The van der Waals surface area contributed by atoms with Gasteiger partial charge in [-0.3, -0.25) is 4.79 Å². The number of ether oxygens (including phenoxy) is 1. The molecular weight excluding hydrogens is 391 g/mol. The number of carbonyl (C=O) groups excluding carboxylic acids is 1. The number of amides is 1. The van der Waals surface area contributed by atoms with Crippen LogP contribution in [0.2, 0.25) is 0 Å². The van der Waals surface area contributed by atoms with E-state index < -0.39 is 18.0 Å². The van der Waals surface area contributed by atoms with Gasteiger partial charge in [0.2, 0.25) is 0 Å². The maximum absolute atomic E-state index is 12.4. The molecule has 1 N–H and O–H groups in total. The molecule has 0 aliphatic heterocycles. The summed E-state index contributed by atoms with van der Waals surface area (Å²) in [5, 5.41) is 4.03. The van der Waals surface area contributed by atoms with Gasteiger partial charge in [0, 0.05) is 14.7 Å². The summed E-state index contributed by atoms with van der Waals surface area (Å²) in [7, 11) is 0. The molecule has 0 aliphatic carbocycles. The molecule has 0 saturated heterocycles. The van der Waals surface area contributed by atoms with E-state index in [0.29, 0.717) is 14.2 Å². The van der Waals surface area contributed by atoms with E-state index in [2.05, 4.69) is 38.6 Å². The van der Waals surface area contributed by atoms with Crippen LogP contribution in [0.25, 0.3) is 0 Å². The average molecular weight is 398 g/mol. The number of carbonyl (C=O) groups is 1. The Kier molecular flexibility index (Phi) is 4.84. The Morgan fingerprint density at radius 3 is 2.62 bits per heavy atom. The Morgan fingerprint density at radius 1 is 1.33 bits per heavy atom. The standard InChI is InChI=1S/C12H7BrF3NO2S2/c13-6-1-2-8(9(3-6)19-12(14,15)16)17-11(18)10-4-7(20)5-21-10/h1-5,20H,(H,17,18). The minimum absolute atomic E-state index is 0.0744. The molecule has 2 aromatic rings. The van der Waals surface area contributed by atoms with Crippen molar-refractivity contribution in [1.29, 1.82) is 0 Å². The zero-order valence-corrected chi connectivity index (χ0v) is 13.4. The Bertz CT molecular complexity index is 673. The topological polar surface area (TPSA) is 38.3 Å². The van der Waals surface area contributed by atoms with Crippen molar-refractivity contribution in [1.82, 2.24) is 0 Å². The maximum atomic E-state index is 12.4. The van der Waals surface area contributed by atoms with Crippen molar-refractivity contribution >= 4 is 51.5 Å². The number of thiophene rings is 1. The van der Waals surface area contributed by atoms with E-state index in [1.165, 1.54) is 18.2 Å². The van der Waals surface area contributed by atoms with Crippen LogP contribution in [0, 0.1) is 0 Å². The van der Waals surface area contributed by atoms with Gasteiger partial charge in [-0.1, -0.05) is 15.9 Å². The van der Waals surface area contributed by atoms with Crippen molar-refractivity contribution < 1.29 is 22.7 Å². The van der Waals surface area contributed by atoms with E-state index >= 15 is 0 Å². The number of rotatable bonds is 3. The van der Waals surface area contributed by atoms with E-state index in [-0.39, 0.29) is 5.69 Å². The molecule has 1 aromatic heterocycles. The molecule has 0 bridgehead atoms. The molecule has 2 rings (SSSR count). The molecule has 1 amide bonds. The number of alkyl halides is 3. The fraction of sp³-hybridized carbons (Fsp3) is 0.0833. The highest BCUT2D eigenvalue weighted by molar-refractivity contribution is 9.10. The van der Waals surface area contributed by atoms with Crippen molar-refractivity contribution in [3.05, 3.63) is 39.0 Å². The summed E-state index contributed by atoms with van der Waals surface area (Å²) in [5.41, 5.74) is -0.0744. The predicted molar refractivity (Wildman–Crippen MR) is 80.3 cm³/mol. The predicted octanol–water partition coefficient (Wildman–Crippen LogP) is 4.95. The minimum Gasteiger partial charge on any atom is -0.404 e. The highest BCUT2D eigenvalue weighted by Gasteiger charge is 2.32. The lowest BCUT2D eigenvalue weighted by atomic mass is 10.3. The highest BCUT2D eigenvalue weighted by Crippen LogP contribution is 2.33. The van der Waals surface area contributed by atoms with Crippen molar-refractivity contribution in [2.45, 2.75) is 11.3 Å². The van der Waals surface area contributed by atoms with Gasteiger partial charge >= 0.3 is 6.36 Å². The third-order valence-electron chi connectivity index (χ3n) is 2.23. The second kappa shape index (κ2) is 6.29. The van der Waals surface area contributed by atoms with Gasteiger partial charge in [-0.15, -0.1) is 37.1 Å². The molecule has 0 saturated carbocycles. The third kappa shape index (κ3) is 4.65. The van der Waals surface area contributed by atoms with Crippen LogP contribution >= 0.6 is 39.9 Å². The van der Waals surface area contributed by atoms with Crippen LogP contribution in [0.1, 0.15) is 9.67 Å². The molecule has 1 aromatic carbocycles. The number of hydrogen-bond acceptors (Lipinski definition) is 4. The van der Waals surface area contributed by atoms with Crippen LogP contribution in [-0.2, 0) is 0 Å². The van der Waals surface area contributed by atoms with E-state index in [4.69, 9.17) is 0 Å². The van der Waals surface area contributed by atoms with Gasteiger partial charge in [-0.2, -0.15) is 0 Å². The van der Waals surface area contributed by atoms with Crippen LogP contribution in [0.3, 0.4) is 0 Å². The largest absolute Gasteiger partial charge is 0.573 e. The molecule has 0 spiro atoms. The first kappa shape index (κ1) is 16.2. The summed E-state index contributed by atoms with van der Waals surface area (Å²) < 4.78 is 41.4. The molecule has 21 heavy (non-hydrogen) atoms. The first-order chi connectivity index (χ1) is 9.74. The van der Waals surface area contributed by atoms with Crippen molar-refractivity contribution in [3.8, 4) is 5.75 Å². The fourth-order valence-electron chi connectivity index (χ4n) is 1.44. The Hall–Kier alpha value is -1.19. The molecule has 0 fully saturated rings.